The topological polar surface area (TPSA) is 36.3 Å². The average Bonchev–Trinajstić information content (AvgIpc) is 3.10. The molecule has 1 saturated heterocycles. The highest BCUT2D eigenvalue weighted by atomic mass is 35.5. The lowest BCUT2D eigenvalue weighted by atomic mass is 10.2. The number of fused-ring (bicyclic) bond motifs is 1. The number of alkyl halides is 1. The van der Waals surface area contributed by atoms with Gasteiger partial charge in [0.15, 0.2) is 0 Å². The van der Waals surface area contributed by atoms with Crippen LogP contribution in [-0.2, 0) is 10.6 Å². The van der Waals surface area contributed by atoms with Crippen LogP contribution < -0.4 is 4.74 Å². The third-order valence-electron chi connectivity index (χ3n) is 3.61. The molecule has 1 aliphatic rings. The van der Waals surface area contributed by atoms with Crippen molar-refractivity contribution < 1.29 is 9.47 Å². The first-order chi connectivity index (χ1) is 9.85. The Hall–Kier alpha value is -1.26. The van der Waals surface area contributed by atoms with Crippen molar-refractivity contribution in [1.29, 1.82) is 0 Å². The van der Waals surface area contributed by atoms with Gasteiger partial charge in [0.2, 0.25) is 0 Å². The lowest BCUT2D eigenvalue weighted by Crippen LogP contribution is -2.11. The Balaban J connectivity index is 2.08. The molecule has 20 heavy (non-hydrogen) atoms. The van der Waals surface area contributed by atoms with E-state index in [1.807, 2.05) is 12.1 Å². The van der Waals surface area contributed by atoms with Crippen molar-refractivity contribution in [2.24, 2.45) is 0 Å². The summed E-state index contributed by atoms with van der Waals surface area (Å²) < 4.78 is 13.5. The van der Waals surface area contributed by atoms with Crippen LogP contribution in [0.2, 0.25) is 0 Å². The van der Waals surface area contributed by atoms with Crippen LogP contribution in [0.4, 0.5) is 0 Å². The third kappa shape index (κ3) is 2.38. The Morgan fingerprint density at radius 1 is 1.50 bits per heavy atom. The molecule has 0 amide bonds. The lowest BCUT2D eigenvalue weighted by Gasteiger charge is -2.14. The molecule has 0 radical (unpaired) electrons. The average molecular weight is 295 g/mol. The first-order valence-corrected chi connectivity index (χ1v) is 7.65. The number of nitrogens with zero attached hydrogens (tertiary/aromatic N) is 2. The second-order valence-corrected chi connectivity index (χ2v) is 5.29. The summed E-state index contributed by atoms with van der Waals surface area (Å²) in [5.74, 6) is 2.14. The van der Waals surface area contributed by atoms with Crippen LogP contribution in [0.3, 0.4) is 0 Å². The fraction of sp³-hybridized carbons (Fsp3) is 0.533. The Morgan fingerprint density at radius 3 is 3.10 bits per heavy atom. The maximum atomic E-state index is 6.07. The Bertz CT molecular complexity index is 591. The van der Waals surface area contributed by atoms with Gasteiger partial charge < -0.3 is 14.0 Å². The van der Waals surface area contributed by atoms with Crippen molar-refractivity contribution in [3.63, 3.8) is 0 Å². The van der Waals surface area contributed by atoms with Crippen molar-refractivity contribution in [1.82, 2.24) is 9.55 Å². The van der Waals surface area contributed by atoms with E-state index in [2.05, 4.69) is 22.5 Å². The molecule has 0 N–H and O–H groups in total. The SMILES string of the molecule is CCCOc1cccc2c1nc(CCl)n2C1CCOC1. The van der Waals surface area contributed by atoms with Crippen LogP contribution in [0.1, 0.15) is 31.6 Å². The van der Waals surface area contributed by atoms with E-state index in [9.17, 15) is 0 Å². The predicted octanol–water partition coefficient (Wildman–Crippen LogP) is 3.53. The molecule has 1 unspecified atom stereocenters. The van der Waals surface area contributed by atoms with Crippen LogP contribution in [0.25, 0.3) is 11.0 Å². The molecule has 1 fully saturated rings. The molecule has 0 saturated carbocycles. The minimum absolute atomic E-state index is 0.329. The third-order valence-corrected chi connectivity index (χ3v) is 3.85. The number of halogens is 1. The lowest BCUT2D eigenvalue weighted by molar-refractivity contribution is 0.187. The zero-order valence-corrected chi connectivity index (χ0v) is 12.4. The Kier molecular flexibility index (Phi) is 4.13. The van der Waals surface area contributed by atoms with Gasteiger partial charge in [-0.3, -0.25) is 0 Å². The summed E-state index contributed by atoms with van der Waals surface area (Å²) in [4.78, 5) is 4.68. The molecule has 2 aromatic rings. The molecule has 1 atom stereocenters. The van der Waals surface area contributed by atoms with Crippen LogP contribution in [0.15, 0.2) is 18.2 Å². The van der Waals surface area contributed by atoms with E-state index in [0.717, 1.165) is 48.7 Å². The maximum absolute atomic E-state index is 6.07. The quantitative estimate of drug-likeness (QED) is 0.792. The minimum atomic E-state index is 0.329. The maximum Gasteiger partial charge on any atom is 0.147 e. The highest BCUT2D eigenvalue weighted by Gasteiger charge is 2.23. The molecule has 5 heteroatoms. The molecule has 108 valence electrons. The van der Waals surface area contributed by atoms with Gasteiger partial charge in [-0.05, 0) is 25.0 Å². The predicted molar refractivity (Wildman–Crippen MR) is 79.5 cm³/mol. The standard InChI is InChI=1S/C15H19ClN2O2/c1-2-7-20-13-5-3-4-12-15(13)17-14(9-16)18(12)11-6-8-19-10-11/h3-5,11H,2,6-10H2,1H3. The summed E-state index contributed by atoms with van der Waals surface area (Å²) in [6.07, 6.45) is 1.99. The first kappa shape index (κ1) is 13.7. The zero-order valence-electron chi connectivity index (χ0n) is 11.6. The van der Waals surface area contributed by atoms with Gasteiger partial charge in [-0.1, -0.05) is 13.0 Å². The molecule has 0 bridgehead atoms. The number of rotatable bonds is 5. The number of para-hydroxylation sites is 1. The van der Waals surface area contributed by atoms with E-state index >= 15 is 0 Å². The summed E-state index contributed by atoms with van der Waals surface area (Å²) in [6.45, 7) is 4.33. The fourth-order valence-electron chi connectivity index (χ4n) is 2.70. The summed E-state index contributed by atoms with van der Waals surface area (Å²) in [6, 6.07) is 6.39. The highest BCUT2D eigenvalue weighted by Crippen LogP contribution is 2.32. The fourth-order valence-corrected chi connectivity index (χ4v) is 2.88. The Labute approximate surface area is 123 Å². The molecule has 1 aliphatic heterocycles. The van der Waals surface area contributed by atoms with E-state index in [1.165, 1.54) is 0 Å². The Morgan fingerprint density at radius 2 is 2.40 bits per heavy atom. The van der Waals surface area contributed by atoms with Crippen LogP contribution in [0, 0.1) is 0 Å². The molecule has 0 aliphatic carbocycles. The normalized spacial score (nSPS) is 18.8. The molecule has 2 heterocycles. The van der Waals surface area contributed by atoms with Crippen molar-refractivity contribution in [3.8, 4) is 5.75 Å². The summed E-state index contributed by atoms with van der Waals surface area (Å²) in [5.41, 5.74) is 1.99. The second-order valence-electron chi connectivity index (χ2n) is 5.02. The van der Waals surface area contributed by atoms with Gasteiger partial charge in [0.05, 0.1) is 30.7 Å². The second kappa shape index (κ2) is 6.02. The van der Waals surface area contributed by atoms with Gasteiger partial charge in [0, 0.05) is 6.61 Å². The number of hydrogen-bond acceptors (Lipinski definition) is 3. The van der Waals surface area contributed by atoms with Crippen molar-refractivity contribution >= 4 is 22.6 Å². The molecule has 3 rings (SSSR count). The van der Waals surface area contributed by atoms with Gasteiger partial charge in [-0.25, -0.2) is 4.98 Å². The van der Waals surface area contributed by atoms with E-state index in [1.54, 1.807) is 0 Å². The summed E-state index contributed by atoms with van der Waals surface area (Å²) in [7, 11) is 0. The van der Waals surface area contributed by atoms with Crippen LogP contribution in [-0.4, -0.2) is 29.4 Å². The molecular formula is C15H19ClN2O2. The largest absolute Gasteiger partial charge is 0.491 e. The molecule has 1 aromatic heterocycles. The van der Waals surface area contributed by atoms with E-state index in [0.29, 0.717) is 18.5 Å². The molecule has 4 nitrogen and oxygen atoms in total. The van der Waals surface area contributed by atoms with Crippen molar-refractivity contribution in [3.05, 3.63) is 24.0 Å². The van der Waals surface area contributed by atoms with Gasteiger partial charge in [-0.2, -0.15) is 0 Å². The smallest absolute Gasteiger partial charge is 0.147 e. The molecule has 1 aromatic carbocycles. The monoisotopic (exact) mass is 294 g/mol. The number of ether oxygens (including phenoxy) is 2. The number of hydrogen-bond donors (Lipinski definition) is 0. The number of imidazole rings is 1. The number of aromatic nitrogens is 2. The molecular weight excluding hydrogens is 276 g/mol. The van der Waals surface area contributed by atoms with Gasteiger partial charge in [-0.15, -0.1) is 11.6 Å². The van der Waals surface area contributed by atoms with Crippen LogP contribution >= 0.6 is 11.6 Å². The van der Waals surface area contributed by atoms with Crippen molar-refractivity contribution in [2.75, 3.05) is 19.8 Å². The summed E-state index contributed by atoms with van der Waals surface area (Å²) in [5, 5.41) is 0. The van der Waals surface area contributed by atoms with Gasteiger partial charge in [0.1, 0.15) is 17.1 Å². The first-order valence-electron chi connectivity index (χ1n) is 7.11. The minimum Gasteiger partial charge on any atom is -0.491 e. The number of benzene rings is 1. The zero-order chi connectivity index (χ0) is 13.9. The van der Waals surface area contributed by atoms with E-state index in [4.69, 9.17) is 21.1 Å². The van der Waals surface area contributed by atoms with Gasteiger partial charge in [0.25, 0.3) is 0 Å². The van der Waals surface area contributed by atoms with E-state index in [-0.39, 0.29) is 0 Å². The van der Waals surface area contributed by atoms with Gasteiger partial charge >= 0.3 is 0 Å². The summed E-state index contributed by atoms with van der Waals surface area (Å²) >= 11 is 6.07. The van der Waals surface area contributed by atoms with E-state index < -0.39 is 0 Å². The van der Waals surface area contributed by atoms with Crippen LogP contribution in [0.5, 0.6) is 5.75 Å². The molecule has 0 spiro atoms. The van der Waals surface area contributed by atoms with Crippen molar-refractivity contribution in [2.45, 2.75) is 31.7 Å². The highest BCUT2D eigenvalue weighted by molar-refractivity contribution is 6.16.